The van der Waals surface area contributed by atoms with Gasteiger partial charge in [-0.2, -0.15) is 13.2 Å². The first-order valence-corrected chi connectivity index (χ1v) is 6.88. The first-order chi connectivity index (χ1) is 9.25. The molecule has 1 rings (SSSR count). The Labute approximate surface area is 123 Å². The van der Waals surface area contributed by atoms with Crippen LogP contribution >= 0.6 is 15.9 Å². The lowest BCUT2D eigenvalue weighted by molar-refractivity contribution is -0.137. The van der Waals surface area contributed by atoms with Crippen molar-refractivity contribution in [2.45, 2.75) is 32.0 Å². The first-order valence-electron chi connectivity index (χ1n) is 6.08. The van der Waals surface area contributed by atoms with Crippen LogP contribution in [0, 0.1) is 0 Å². The highest BCUT2D eigenvalue weighted by Crippen LogP contribution is 2.31. The quantitative estimate of drug-likeness (QED) is 0.852. The van der Waals surface area contributed by atoms with E-state index in [4.69, 9.17) is 0 Å². The average Bonchev–Trinajstić information content (AvgIpc) is 2.37. The van der Waals surface area contributed by atoms with Gasteiger partial charge < -0.3 is 10.4 Å². The second-order valence-corrected chi connectivity index (χ2v) is 5.15. The Kier molecular flexibility index (Phi) is 6.01. The average molecular weight is 354 g/mol. The van der Waals surface area contributed by atoms with E-state index in [0.717, 1.165) is 12.1 Å². The lowest BCUT2D eigenvalue weighted by atomic mass is 10.1. The number of hydrogen-bond donors (Lipinski definition) is 2. The topological polar surface area (TPSA) is 49.3 Å². The number of rotatable bonds is 5. The van der Waals surface area contributed by atoms with E-state index in [2.05, 4.69) is 21.2 Å². The van der Waals surface area contributed by atoms with Crippen molar-refractivity contribution in [3.8, 4) is 0 Å². The number of benzene rings is 1. The minimum atomic E-state index is -4.49. The summed E-state index contributed by atoms with van der Waals surface area (Å²) in [6.45, 7) is 2.01. The fraction of sp³-hybridized carbons (Fsp3) is 0.462. The lowest BCUT2D eigenvalue weighted by Crippen LogP contribution is -2.27. The SMILES string of the molecule is CCC(O)CCNC(=O)c1cc(C(F)(F)F)ccc1Br. The standard InChI is InChI=1S/C13H15BrF3NO2/c1-2-9(19)5-6-18-12(20)10-7-8(13(15,16)17)3-4-11(10)14/h3-4,7,9,19H,2,5-6H2,1H3,(H,18,20). The summed E-state index contributed by atoms with van der Waals surface area (Å²) >= 11 is 3.05. The van der Waals surface area contributed by atoms with E-state index >= 15 is 0 Å². The molecular weight excluding hydrogens is 339 g/mol. The third kappa shape index (κ3) is 4.79. The number of halogens is 4. The largest absolute Gasteiger partial charge is 0.416 e. The number of nitrogens with one attached hydrogen (secondary N) is 1. The molecule has 1 aromatic carbocycles. The van der Waals surface area contributed by atoms with Gasteiger partial charge in [-0.1, -0.05) is 6.92 Å². The third-order valence-electron chi connectivity index (χ3n) is 2.77. The van der Waals surface area contributed by atoms with Crippen LogP contribution in [0.25, 0.3) is 0 Å². The highest BCUT2D eigenvalue weighted by molar-refractivity contribution is 9.10. The van der Waals surface area contributed by atoms with E-state index in [1.165, 1.54) is 6.07 Å². The monoisotopic (exact) mass is 353 g/mol. The molecule has 0 heterocycles. The Morgan fingerprint density at radius 3 is 2.65 bits per heavy atom. The number of amides is 1. The number of aliphatic hydroxyl groups is 1. The Balaban J connectivity index is 2.77. The van der Waals surface area contributed by atoms with Crippen molar-refractivity contribution < 1.29 is 23.1 Å². The number of alkyl halides is 3. The fourth-order valence-corrected chi connectivity index (χ4v) is 1.95. The van der Waals surface area contributed by atoms with E-state index in [-0.39, 0.29) is 12.1 Å². The van der Waals surface area contributed by atoms with Gasteiger partial charge in [0, 0.05) is 11.0 Å². The Morgan fingerprint density at radius 1 is 1.45 bits per heavy atom. The maximum atomic E-state index is 12.6. The van der Waals surface area contributed by atoms with Crippen LogP contribution in [0.5, 0.6) is 0 Å². The molecule has 0 aromatic heterocycles. The van der Waals surface area contributed by atoms with Gasteiger partial charge in [0.05, 0.1) is 17.2 Å². The molecule has 2 N–H and O–H groups in total. The van der Waals surface area contributed by atoms with Crippen LogP contribution in [0.4, 0.5) is 13.2 Å². The fourth-order valence-electron chi connectivity index (χ4n) is 1.53. The Morgan fingerprint density at radius 2 is 2.10 bits per heavy atom. The molecule has 0 aliphatic rings. The van der Waals surface area contributed by atoms with Gasteiger partial charge in [-0.05, 0) is 47.0 Å². The number of hydrogen-bond acceptors (Lipinski definition) is 2. The van der Waals surface area contributed by atoms with Crippen LogP contribution in [0.15, 0.2) is 22.7 Å². The Bertz CT molecular complexity index is 477. The minimum absolute atomic E-state index is 0.0780. The molecule has 0 saturated carbocycles. The van der Waals surface area contributed by atoms with Gasteiger partial charge in [-0.3, -0.25) is 4.79 Å². The van der Waals surface area contributed by atoms with Gasteiger partial charge in [0.15, 0.2) is 0 Å². The second kappa shape index (κ2) is 7.08. The molecule has 112 valence electrons. The predicted octanol–water partition coefficient (Wildman–Crippen LogP) is 3.36. The summed E-state index contributed by atoms with van der Waals surface area (Å²) in [6, 6.07) is 2.90. The van der Waals surface area contributed by atoms with Crippen molar-refractivity contribution in [2.24, 2.45) is 0 Å². The summed E-state index contributed by atoms with van der Waals surface area (Å²) in [7, 11) is 0. The van der Waals surface area contributed by atoms with Gasteiger partial charge >= 0.3 is 6.18 Å². The molecule has 0 radical (unpaired) electrons. The summed E-state index contributed by atoms with van der Waals surface area (Å²) in [4.78, 5) is 11.8. The molecule has 1 unspecified atom stereocenters. The first kappa shape index (κ1) is 17.0. The van der Waals surface area contributed by atoms with Crippen molar-refractivity contribution in [1.82, 2.24) is 5.32 Å². The number of carbonyl (C=O) groups excluding carboxylic acids is 1. The summed E-state index contributed by atoms with van der Waals surface area (Å²) in [5, 5.41) is 11.8. The smallest absolute Gasteiger partial charge is 0.393 e. The zero-order valence-electron chi connectivity index (χ0n) is 10.8. The van der Waals surface area contributed by atoms with E-state index in [1.807, 2.05) is 0 Å². The number of carbonyl (C=O) groups is 1. The molecule has 1 atom stereocenters. The number of aliphatic hydroxyl groups excluding tert-OH is 1. The molecular formula is C13H15BrF3NO2. The van der Waals surface area contributed by atoms with Crippen LogP contribution in [0.1, 0.15) is 35.7 Å². The highest BCUT2D eigenvalue weighted by atomic mass is 79.9. The summed E-state index contributed by atoms with van der Waals surface area (Å²) in [5.41, 5.74) is -0.953. The molecule has 0 fully saturated rings. The molecule has 1 amide bonds. The van der Waals surface area contributed by atoms with E-state index in [1.54, 1.807) is 6.92 Å². The summed E-state index contributed by atoms with van der Waals surface area (Å²) in [6.07, 6.45) is -4.10. The molecule has 20 heavy (non-hydrogen) atoms. The van der Waals surface area contributed by atoms with Crippen molar-refractivity contribution in [2.75, 3.05) is 6.54 Å². The Hall–Kier alpha value is -1.08. The van der Waals surface area contributed by atoms with Crippen LogP contribution in [0.3, 0.4) is 0 Å². The van der Waals surface area contributed by atoms with Crippen LogP contribution < -0.4 is 5.32 Å². The molecule has 0 aliphatic carbocycles. The second-order valence-electron chi connectivity index (χ2n) is 4.30. The minimum Gasteiger partial charge on any atom is -0.393 e. The van der Waals surface area contributed by atoms with Crippen molar-refractivity contribution in [3.63, 3.8) is 0 Å². The van der Waals surface area contributed by atoms with Crippen molar-refractivity contribution in [3.05, 3.63) is 33.8 Å². The van der Waals surface area contributed by atoms with E-state index < -0.39 is 23.8 Å². The molecule has 3 nitrogen and oxygen atoms in total. The molecule has 0 spiro atoms. The molecule has 7 heteroatoms. The third-order valence-corrected chi connectivity index (χ3v) is 3.46. The maximum Gasteiger partial charge on any atom is 0.416 e. The molecule has 0 bridgehead atoms. The van der Waals surface area contributed by atoms with Gasteiger partial charge in [0.1, 0.15) is 0 Å². The van der Waals surface area contributed by atoms with E-state index in [0.29, 0.717) is 17.3 Å². The normalized spacial score (nSPS) is 13.1. The highest BCUT2D eigenvalue weighted by Gasteiger charge is 2.31. The predicted molar refractivity (Wildman–Crippen MR) is 72.4 cm³/mol. The van der Waals surface area contributed by atoms with Gasteiger partial charge in [0.2, 0.25) is 0 Å². The van der Waals surface area contributed by atoms with Crippen molar-refractivity contribution >= 4 is 21.8 Å². The van der Waals surface area contributed by atoms with E-state index in [9.17, 15) is 23.1 Å². The van der Waals surface area contributed by atoms with Gasteiger partial charge in [-0.25, -0.2) is 0 Å². The maximum absolute atomic E-state index is 12.6. The summed E-state index contributed by atoms with van der Waals surface area (Å²) in [5.74, 6) is -0.605. The summed E-state index contributed by atoms with van der Waals surface area (Å²) < 4.78 is 38.1. The zero-order chi connectivity index (χ0) is 15.3. The van der Waals surface area contributed by atoms with Crippen LogP contribution in [-0.4, -0.2) is 23.7 Å². The zero-order valence-corrected chi connectivity index (χ0v) is 12.4. The van der Waals surface area contributed by atoms with Crippen LogP contribution in [0.2, 0.25) is 0 Å². The molecule has 0 saturated heterocycles. The lowest BCUT2D eigenvalue weighted by Gasteiger charge is -2.12. The molecule has 0 aliphatic heterocycles. The van der Waals surface area contributed by atoms with Gasteiger partial charge in [-0.15, -0.1) is 0 Å². The van der Waals surface area contributed by atoms with Crippen LogP contribution in [-0.2, 0) is 6.18 Å². The van der Waals surface area contributed by atoms with Crippen molar-refractivity contribution in [1.29, 1.82) is 0 Å². The molecule has 1 aromatic rings. The van der Waals surface area contributed by atoms with Gasteiger partial charge in [0.25, 0.3) is 5.91 Å².